The highest BCUT2D eigenvalue weighted by molar-refractivity contribution is 5.57. The van der Waals surface area contributed by atoms with Crippen molar-refractivity contribution in [3.8, 4) is 0 Å². The fraction of sp³-hybridized carbons (Fsp3) is 0.636. The van der Waals surface area contributed by atoms with Crippen molar-refractivity contribution in [2.24, 2.45) is 0 Å². The van der Waals surface area contributed by atoms with Gasteiger partial charge in [-0.3, -0.25) is 0 Å². The van der Waals surface area contributed by atoms with E-state index in [4.69, 9.17) is 0 Å². The van der Waals surface area contributed by atoms with E-state index in [0.717, 1.165) is 0 Å². The second-order valence-electron chi connectivity index (χ2n) is 3.85. The Morgan fingerprint density at radius 2 is 1.74 bits per heavy atom. The first kappa shape index (κ1) is 15.5. The lowest BCUT2D eigenvalue weighted by Gasteiger charge is -2.18. The van der Waals surface area contributed by atoms with Crippen molar-refractivity contribution in [2.75, 3.05) is 23.7 Å². The van der Waals surface area contributed by atoms with Gasteiger partial charge in [-0.25, -0.2) is 18.7 Å². The van der Waals surface area contributed by atoms with Crippen LogP contribution in [0, 0.1) is 0 Å². The summed E-state index contributed by atoms with van der Waals surface area (Å²) in [6.07, 6.45) is -2.02. The van der Waals surface area contributed by atoms with E-state index in [2.05, 4.69) is 20.6 Å². The molecule has 0 aliphatic heterocycles. The number of rotatable bonds is 7. The van der Waals surface area contributed by atoms with Crippen LogP contribution in [0.25, 0.3) is 0 Å². The minimum Gasteiger partial charge on any atom is -0.370 e. The zero-order chi connectivity index (χ0) is 14.5. The number of halogens is 4. The molecular weight excluding hydrogens is 264 g/mol. The van der Waals surface area contributed by atoms with Crippen LogP contribution in [0.1, 0.15) is 19.4 Å². The second-order valence-corrected chi connectivity index (χ2v) is 3.85. The summed E-state index contributed by atoms with van der Waals surface area (Å²) in [5, 5.41) is 5.22. The molecule has 0 radical (unpaired) electrons. The summed E-state index contributed by atoms with van der Waals surface area (Å²) in [6, 6.07) is 0. The number of nitrogens with zero attached hydrogens (tertiary/aromatic N) is 2. The third-order valence-electron chi connectivity index (χ3n) is 2.45. The summed E-state index contributed by atoms with van der Waals surface area (Å²) >= 11 is 0. The topological polar surface area (TPSA) is 49.8 Å². The molecule has 108 valence electrons. The summed E-state index contributed by atoms with van der Waals surface area (Å²) in [4.78, 5) is 7.80. The molecule has 2 N–H and O–H groups in total. The van der Waals surface area contributed by atoms with Crippen LogP contribution in [0.3, 0.4) is 0 Å². The summed E-state index contributed by atoms with van der Waals surface area (Å²) in [6.45, 7) is 3.10. The molecule has 8 heteroatoms. The van der Waals surface area contributed by atoms with Crippen LogP contribution in [0.5, 0.6) is 0 Å². The molecule has 0 unspecified atom stereocenters. The van der Waals surface area contributed by atoms with Gasteiger partial charge in [0.05, 0.1) is 6.54 Å². The van der Waals surface area contributed by atoms with Gasteiger partial charge in [0.25, 0.3) is 0 Å². The van der Waals surface area contributed by atoms with Crippen LogP contribution in [0.2, 0.25) is 0 Å². The number of anilines is 2. The van der Waals surface area contributed by atoms with Gasteiger partial charge in [-0.1, -0.05) is 6.92 Å². The average molecular weight is 280 g/mol. The number of aromatic nitrogens is 2. The molecule has 0 saturated carbocycles. The largest absolute Gasteiger partial charge is 0.370 e. The molecule has 0 fully saturated rings. The van der Waals surface area contributed by atoms with Gasteiger partial charge in [0.1, 0.15) is 18.0 Å². The van der Waals surface area contributed by atoms with E-state index in [1.807, 2.05) is 6.92 Å². The first-order valence-corrected chi connectivity index (χ1v) is 5.90. The van der Waals surface area contributed by atoms with Crippen LogP contribution < -0.4 is 10.6 Å². The molecule has 19 heavy (non-hydrogen) atoms. The maximum atomic E-state index is 12.8. The maximum absolute atomic E-state index is 12.8. The summed E-state index contributed by atoms with van der Waals surface area (Å²) in [5.41, 5.74) is 0.592. The Balaban J connectivity index is 2.86. The number of alkyl halides is 4. The Bertz CT molecular complexity index is 412. The van der Waals surface area contributed by atoms with E-state index in [9.17, 15) is 17.6 Å². The third kappa shape index (κ3) is 3.93. The molecule has 0 aliphatic rings. The molecule has 1 aromatic heterocycles. The van der Waals surface area contributed by atoms with Gasteiger partial charge in [-0.2, -0.15) is 8.78 Å². The van der Waals surface area contributed by atoms with Crippen molar-refractivity contribution >= 4 is 11.6 Å². The van der Waals surface area contributed by atoms with E-state index in [-0.39, 0.29) is 5.82 Å². The Kier molecular flexibility index (Phi) is 5.31. The maximum Gasteiger partial charge on any atom is 0.324 e. The first-order valence-electron chi connectivity index (χ1n) is 5.90. The fourth-order valence-corrected chi connectivity index (χ4v) is 1.50. The van der Waals surface area contributed by atoms with Gasteiger partial charge < -0.3 is 10.6 Å². The number of nitrogens with one attached hydrogen (secondary N) is 2. The third-order valence-corrected chi connectivity index (χ3v) is 2.45. The molecule has 0 amide bonds. The SMILES string of the molecule is CCNc1ncnc(NCC(F)(F)C(F)F)c1CC. The molecule has 1 heterocycles. The highest BCUT2D eigenvalue weighted by atomic mass is 19.3. The highest BCUT2D eigenvalue weighted by Gasteiger charge is 2.40. The van der Waals surface area contributed by atoms with Crippen LogP contribution in [-0.2, 0) is 6.42 Å². The molecular formula is C11H16F4N4. The van der Waals surface area contributed by atoms with E-state index in [1.54, 1.807) is 6.92 Å². The van der Waals surface area contributed by atoms with Gasteiger partial charge in [0, 0.05) is 12.1 Å². The Morgan fingerprint density at radius 3 is 2.21 bits per heavy atom. The van der Waals surface area contributed by atoms with E-state index < -0.39 is 18.9 Å². The molecule has 1 rings (SSSR count). The predicted octanol–water partition coefficient (Wildman–Crippen LogP) is 2.78. The summed E-state index contributed by atoms with van der Waals surface area (Å²) < 4.78 is 49.8. The lowest BCUT2D eigenvalue weighted by molar-refractivity contribution is -0.117. The second kappa shape index (κ2) is 6.53. The summed E-state index contributed by atoms with van der Waals surface area (Å²) in [7, 11) is 0. The Morgan fingerprint density at radius 1 is 1.16 bits per heavy atom. The van der Waals surface area contributed by atoms with Gasteiger partial charge in [-0.15, -0.1) is 0 Å². The van der Waals surface area contributed by atoms with Crippen LogP contribution in [0.15, 0.2) is 6.33 Å². The van der Waals surface area contributed by atoms with E-state index >= 15 is 0 Å². The Hall–Kier alpha value is -1.60. The van der Waals surface area contributed by atoms with Crippen molar-refractivity contribution in [1.29, 1.82) is 0 Å². The predicted molar refractivity (Wildman–Crippen MR) is 65.0 cm³/mol. The van der Waals surface area contributed by atoms with Crippen LogP contribution >= 0.6 is 0 Å². The molecule has 0 spiro atoms. The van der Waals surface area contributed by atoms with E-state index in [1.165, 1.54) is 6.33 Å². The van der Waals surface area contributed by atoms with Crippen molar-refractivity contribution in [2.45, 2.75) is 32.6 Å². The van der Waals surface area contributed by atoms with Crippen molar-refractivity contribution in [3.05, 3.63) is 11.9 Å². The Labute approximate surface area is 108 Å². The van der Waals surface area contributed by atoms with Crippen molar-refractivity contribution < 1.29 is 17.6 Å². The highest BCUT2D eigenvalue weighted by Crippen LogP contribution is 2.25. The first-order chi connectivity index (χ1) is 8.92. The number of hydrogen-bond acceptors (Lipinski definition) is 4. The zero-order valence-corrected chi connectivity index (χ0v) is 10.7. The minimum atomic E-state index is -4.09. The normalized spacial score (nSPS) is 11.7. The van der Waals surface area contributed by atoms with Gasteiger partial charge in [0.2, 0.25) is 0 Å². The van der Waals surface area contributed by atoms with Crippen LogP contribution in [0.4, 0.5) is 29.2 Å². The van der Waals surface area contributed by atoms with Gasteiger partial charge in [-0.05, 0) is 13.3 Å². The molecule has 0 atom stereocenters. The van der Waals surface area contributed by atoms with E-state index in [0.29, 0.717) is 24.3 Å². The average Bonchev–Trinajstić information content (AvgIpc) is 2.36. The molecule has 1 aromatic rings. The standard InChI is InChI=1S/C11H16F4N4/c1-3-7-8(16-4-2)18-6-19-9(7)17-5-11(14,15)10(12)13/h6,10H,3-5H2,1-2H3,(H2,16,17,18,19). The lowest BCUT2D eigenvalue weighted by Crippen LogP contribution is -2.35. The number of hydrogen-bond donors (Lipinski definition) is 2. The molecule has 0 bridgehead atoms. The summed E-state index contributed by atoms with van der Waals surface area (Å²) in [5.74, 6) is -3.43. The fourth-order valence-electron chi connectivity index (χ4n) is 1.50. The lowest BCUT2D eigenvalue weighted by atomic mass is 10.2. The quantitative estimate of drug-likeness (QED) is 0.754. The minimum absolute atomic E-state index is 0.147. The molecule has 4 nitrogen and oxygen atoms in total. The van der Waals surface area contributed by atoms with Crippen molar-refractivity contribution in [1.82, 2.24) is 9.97 Å². The van der Waals surface area contributed by atoms with Gasteiger partial charge in [0.15, 0.2) is 0 Å². The molecule has 0 saturated heterocycles. The zero-order valence-electron chi connectivity index (χ0n) is 10.7. The van der Waals surface area contributed by atoms with Crippen LogP contribution in [-0.4, -0.2) is 35.4 Å². The smallest absolute Gasteiger partial charge is 0.324 e. The monoisotopic (exact) mass is 280 g/mol. The van der Waals surface area contributed by atoms with Gasteiger partial charge >= 0.3 is 12.3 Å². The molecule has 0 aromatic carbocycles. The van der Waals surface area contributed by atoms with Crippen molar-refractivity contribution in [3.63, 3.8) is 0 Å². The molecule has 0 aliphatic carbocycles.